The van der Waals surface area contributed by atoms with Gasteiger partial charge in [0.1, 0.15) is 6.10 Å². The number of hydrogen-bond acceptors (Lipinski definition) is 4. The minimum atomic E-state index is -0.00926. The third-order valence-corrected chi connectivity index (χ3v) is 3.85. The second kappa shape index (κ2) is 6.59. The van der Waals surface area contributed by atoms with Gasteiger partial charge in [-0.05, 0) is 30.7 Å². The number of benzene rings is 1. The first-order chi connectivity index (χ1) is 10.4. The summed E-state index contributed by atoms with van der Waals surface area (Å²) in [5, 5.41) is 3.41. The Hall–Kier alpha value is -2.07. The number of ether oxygens (including phenoxy) is 2. The quantitative estimate of drug-likeness (QED) is 0.917. The van der Waals surface area contributed by atoms with Gasteiger partial charge in [0.15, 0.2) is 5.75 Å². The number of pyridine rings is 1. The van der Waals surface area contributed by atoms with Gasteiger partial charge in [-0.15, -0.1) is 0 Å². The molecule has 1 aliphatic heterocycles. The molecule has 1 unspecified atom stereocenters. The molecule has 1 N–H and O–H groups in total. The fourth-order valence-corrected chi connectivity index (χ4v) is 2.75. The van der Waals surface area contributed by atoms with Crippen molar-refractivity contribution in [2.24, 2.45) is 5.92 Å². The molecule has 0 saturated carbocycles. The predicted octanol–water partition coefficient (Wildman–Crippen LogP) is 2.82. The zero-order valence-corrected chi connectivity index (χ0v) is 12.2. The van der Waals surface area contributed by atoms with E-state index in [2.05, 4.69) is 22.4 Å². The number of aromatic nitrogens is 1. The minimum Gasteiger partial charge on any atom is -0.491 e. The molecule has 0 bridgehead atoms. The van der Waals surface area contributed by atoms with Gasteiger partial charge in [-0.2, -0.15) is 0 Å². The highest BCUT2D eigenvalue weighted by molar-refractivity contribution is 5.33. The standard InChI is InChI=1S/C17H20N2O2/c1-20-15-8-5-10-19-17(15)21-16(14-9-11-18-12-14)13-6-3-2-4-7-13/h2-8,10,14,16,18H,9,11-12H2,1H3/t14-,16?/m0/s1. The van der Waals surface area contributed by atoms with Crippen molar-refractivity contribution in [2.45, 2.75) is 12.5 Å². The molecule has 21 heavy (non-hydrogen) atoms. The van der Waals surface area contributed by atoms with Crippen molar-refractivity contribution in [1.82, 2.24) is 10.3 Å². The maximum atomic E-state index is 6.23. The fraction of sp³-hybridized carbons (Fsp3) is 0.353. The maximum Gasteiger partial charge on any atom is 0.257 e. The summed E-state index contributed by atoms with van der Waals surface area (Å²) in [7, 11) is 1.64. The van der Waals surface area contributed by atoms with Crippen molar-refractivity contribution in [1.29, 1.82) is 0 Å². The average Bonchev–Trinajstić information content (AvgIpc) is 3.08. The van der Waals surface area contributed by atoms with Gasteiger partial charge in [-0.1, -0.05) is 30.3 Å². The van der Waals surface area contributed by atoms with Crippen molar-refractivity contribution in [3.8, 4) is 11.6 Å². The Kier molecular flexibility index (Phi) is 4.36. The predicted molar refractivity (Wildman–Crippen MR) is 81.6 cm³/mol. The Labute approximate surface area is 125 Å². The molecule has 1 aromatic heterocycles. The second-order valence-corrected chi connectivity index (χ2v) is 5.21. The monoisotopic (exact) mass is 284 g/mol. The summed E-state index contributed by atoms with van der Waals surface area (Å²) in [5.74, 6) is 1.67. The van der Waals surface area contributed by atoms with Crippen LogP contribution in [0.1, 0.15) is 18.1 Å². The summed E-state index contributed by atoms with van der Waals surface area (Å²) >= 11 is 0. The first kappa shape index (κ1) is 13.9. The summed E-state index contributed by atoms with van der Waals surface area (Å²) in [4.78, 5) is 4.32. The molecule has 2 heterocycles. The van der Waals surface area contributed by atoms with Crippen molar-refractivity contribution in [3.63, 3.8) is 0 Å². The zero-order chi connectivity index (χ0) is 14.5. The maximum absolute atomic E-state index is 6.23. The molecule has 4 nitrogen and oxygen atoms in total. The molecule has 1 aliphatic rings. The van der Waals surface area contributed by atoms with Crippen LogP contribution in [-0.2, 0) is 0 Å². The van der Waals surface area contributed by atoms with E-state index in [4.69, 9.17) is 9.47 Å². The number of hydrogen-bond donors (Lipinski definition) is 1. The lowest BCUT2D eigenvalue weighted by Crippen LogP contribution is -2.22. The SMILES string of the molecule is COc1cccnc1OC(c1ccccc1)[C@H]1CCNC1. The molecule has 0 radical (unpaired) electrons. The van der Waals surface area contributed by atoms with Gasteiger partial charge in [0.05, 0.1) is 7.11 Å². The molecule has 0 spiro atoms. The smallest absolute Gasteiger partial charge is 0.257 e. The molecule has 1 saturated heterocycles. The van der Waals surface area contributed by atoms with Crippen LogP contribution < -0.4 is 14.8 Å². The van der Waals surface area contributed by atoms with Crippen LogP contribution in [0.5, 0.6) is 11.6 Å². The van der Waals surface area contributed by atoms with Gasteiger partial charge in [-0.3, -0.25) is 0 Å². The second-order valence-electron chi connectivity index (χ2n) is 5.21. The van der Waals surface area contributed by atoms with Crippen LogP contribution in [0.15, 0.2) is 48.7 Å². The molecule has 0 aliphatic carbocycles. The highest BCUT2D eigenvalue weighted by Crippen LogP contribution is 2.34. The zero-order valence-electron chi connectivity index (χ0n) is 12.2. The van der Waals surface area contributed by atoms with Gasteiger partial charge < -0.3 is 14.8 Å². The van der Waals surface area contributed by atoms with E-state index in [1.807, 2.05) is 30.3 Å². The minimum absolute atomic E-state index is 0.00926. The molecular weight excluding hydrogens is 264 g/mol. The van der Waals surface area contributed by atoms with Gasteiger partial charge in [0, 0.05) is 18.7 Å². The number of nitrogens with one attached hydrogen (secondary N) is 1. The summed E-state index contributed by atoms with van der Waals surface area (Å²) in [5.41, 5.74) is 1.18. The van der Waals surface area contributed by atoms with Crippen LogP contribution in [0.2, 0.25) is 0 Å². The van der Waals surface area contributed by atoms with Crippen molar-refractivity contribution in [2.75, 3.05) is 20.2 Å². The Morgan fingerprint density at radius 1 is 1.19 bits per heavy atom. The van der Waals surface area contributed by atoms with E-state index in [-0.39, 0.29) is 6.10 Å². The Morgan fingerprint density at radius 2 is 2.05 bits per heavy atom. The van der Waals surface area contributed by atoms with Crippen LogP contribution in [0.3, 0.4) is 0 Å². The molecule has 2 atom stereocenters. The van der Waals surface area contributed by atoms with Gasteiger partial charge in [-0.25, -0.2) is 4.98 Å². The van der Waals surface area contributed by atoms with Gasteiger partial charge in [0.25, 0.3) is 5.88 Å². The van der Waals surface area contributed by atoms with Crippen LogP contribution in [0.4, 0.5) is 0 Å². The van der Waals surface area contributed by atoms with Crippen molar-refractivity contribution >= 4 is 0 Å². The third-order valence-electron chi connectivity index (χ3n) is 3.85. The molecule has 2 aromatic rings. The van der Waals surface area contributed by atoms with Crippen LogP contribution >= 0.6 is 0 Å². The lowest BCUT2D eigenvalue weighted by Gasteiger charge is -2.25. The fourth-order valence-electron chi connectivity index (χ4n) is 2.75. The molecule has 1 fully saturated rings. The van der Waals surface area contributed by atoms with E-state index in [1.165, 1.54) is 5.56 Å². The van der Waals surface area contributed by atoms with Crippen LogP contribution in [0.25, 0.3) is 0 Å². The van der Waals surface area contributed by atoms with Crippen molar-refractivity contribution < 1.29 is 9.47 Å². The lowest BCUT2D eigenvalue weighted by atomic mass is 9.95. The number of rotatable bonds is 5. The normalized spacial score (nSPS) is 19.2. The molecular formula is C17H20N2O2. The Morgan fingerprint density at radius 3 is 2.76 bits per heavy atom. The molecule has 3 rings (SSSR count). The highest BCUT2D eigenvalue weighted by atomic mass is 16.5. The Balaban J connectivity index is 1.88. The Bertz CT molecular complexity index is 568. The average molecular weight is 284 g/mol. The molecule has 4 heteroatoms. The van der Waals surface area contributed by atoms with E-state index in [0.717, 1.165) is 19.5 Å². The summed E-state index contributed by atoms with van der Waals surface area (Å²) in [6.07, 6.45) is 2.83. The largest absolute Gasteiger partial charge is 0.491 e. The van der Waals surface area contributed by atoms with E-state index in [0.29, 0.717) is 17.5 Å². The van der Waals surface area contributed by atoms with E-state index >= 15 is 0 Å². The van der Waals surface area contributed by atoms with Crippen LogP contribution in [-0.4, -0.2) is 25.2 Å². The summed E-state index contributed by atoms with van der Waals surface area (Å²) in [6.45, 7) is 2.01. The van der Waals surface area contributed by atoms with Gasteiger partial charge >= 0.3 is 0 Å². The number of nitrogens with zero attached hydrogens (tertiary/aromatic N) is 1. The third kappa shape index (κ3) is 3.16. The van der Waals surface area contributed by atoms with Crippen molar-refractivity contribution in [3.05, 3.63) is 54.2 Å². The van der Waals surface area contributed by atoms with E-state index in [9.17, 15) is 0 Å². The molecule has 0 amide bonds. The van der Waals surface area contributed by atoms with E-state index < -0.39 is 0 Å². The summed E-state index contributed by atoms with van der Waals surface area (Å²) in [6, 6.07) is 14.1. The van der Waals surface area contributed by atoms with Crippen LogP contribution in [0, 0.1) is 5.92 Å². The number of methoxy groups -OCH3 is 1. The molecule has 110 valence electrons. The first-order valence-corrected chi connectivity index (χ1v) is 7.30. The summed E-state index contributed by atoms with van der Waals surface area (Å²) < 4.78 is 11.6. The lowest BCUT2D eigenvalue weighted by molar-refractivity contribution is 0.132. The first-order valence-electron chi connectivity index (χ1n) is 7.30. The van der Waals surface area contributed by atoms with Gasteiger partial charge in [0.2, 0.25) is 0 Å². The highest BCUT2D eigenvalue weighted by Gasteiger charge is 2.29. The molecule has 1 aromatic carbocycles. The van der Waals surface area contributed by atoms with E-state index in [1.54, 1.807) is 13.3 Å². The topological polar surface area (TPSA) is 43.4 Å².